The molecule has 1 unspecified atom stereocenters. The van der Waals surface area contributed by atoms with Gasteiger partial charge < -0.3 is 14.8 Å². The predicted octanol–water partition coefficient (Wildman–Crippen LogP) is 2.55. The van der Waals surface area contributed by atoms with Crippen LogP contribution in [0.3, 0.4) is 0 Å². The van der Waals surface area contributed by atoms with Crippen LogP contribution in [0.4, 0.5) is 5.82 Å². The first kappa shape index (κ1) is 14.9. The Labute approximate surface area is 127 Å². The summed E-state index contributed by atoms with van der Waals surface area (Å²) in [6, 6.07) is 0. The molecule has 1 fully saturated rings. The van der Waals surface area contributed by atoms with Crippen LogP contribution in [0.5, 0.6) is 0 Å². The molecule has 1 aliphatic rings. The molecule has 19 heavy (non-hydrogen) atoms. The molecule has 2 heterocycles. The predicted molar refractivity (Wildman–Crippen MR) is 82.4 cm³/mol. The van der Waals surface area contributed by atoms with Crippen molar-refractivity contribution >= 4 is 28.4 Å². The van der Waals surface area contributed by atoms with Gasteiger partial charge in [0.25, 0.3) is 0 Å². The van der Waals surface area contributed by atoms with Crippen LogP contribution in [-0.4, -0.2) is 36.3 Å². The second-order valence-electron chi connectivity index (χ2n) is 4.41. The van der Waals surface area contributed by atoms with E-state index >= 15 is 0 Å². The summed E-state index contributed by atoms with van der Waals surface area (Å²) in [5.41, 5.74) is 1.07. The van der Waals surface area contributed by atoms with E-state index in [1.54, 1.807) is 0 Å². The Balaban J connectivity index is 2.26. The molecule has 0 aliphatic carbocycles. The van der Waals surface area contributed by atoms with Crippen LogP contribution < -0.4 is 5.32 Å². The fourth-order valence-corrected chi connectivity index (χ4v) is 2.70. The van der Waals surface area contributed by atoms with Gasteiger partial charge in [0.15, 0.2) is 5.82 Å². The molecule has 0 aromatic carbocycles. The van der Waals surface area contributed by atoms with E-state index in [1.165, 1.54) is 0 Å². The highest BCUT2D eigenvalue weighted by molar-refractivity contribution is 14.1. The minimum Gasteiger partial charge on any atom is -0.376 e. The van der Waals surface area contributed by atoms with Crippen molar-refractivity contribution < 1.29 is 9.47 Å². The zero-order valence-electron chi connectivity index (χ0n) is 11.4. The molecule has 1 aromatic rings. The van der Waals surface area contributed by atoms with Crippen molar-refractivity contribution in [1.29, 1.82) is 0 Å². The summed E-state index contributed by atoms with van der Waals surface area (Å²) in [6.45, 7) is 6.97. The van der Waals surface area contributed by atoms with Crippen LogP contribution in [0, 0.1) is 3.57 Å². The maximum atomic E-state index is 5.68. The molecule has 0 amide bonds. The van der Waals surface area contributed by atoms with Crippen molar-refractivity contribution in [3.63, 3.8) is 0 Å². The summed E-state index contributed by atoms with van der Waals surface area (Å²) in [7, 11) is 0. The third-order valence-electron chi connectivity index (χ3n) is 2.92. The van der Waals surface area contributed by atoms with Gasteiger partial charge in [-0.1, -0.05) is 13.8 Å². The Morgan fingerprint density at radius 1 is 1.32 bits per heavy atom. The largest absolute Gasteiger partial charge is 0.376 e. The standard InChI is InChI=1S/C13H20IN3O2/c1-3-5-15-13-11(14)9(4-2)16-12(17-13)10-8-18-6-7-19-10/h10H,3-8H2,1-2H3,(H,15,16,17). The Hall–Kier alpha value is -0.470. The number of ether oxygens (including phenoxy) is 2. The van der Waals surface area contributed by atoms with Gasteiger partial charge in [-0.05, 0) is 35.4 Å². The van der Waals surface area contributed by atoms with E-state index in [4.69, 9.17) is 9.47 Å². The van der Waals surface area contributed by atoms with Gasteiger partial charge in [-0.15, -0.1) is 0 Å². The number of hydrogen-bond acceptors (Lipinski definition) is 5. The third-order valence-corrected chi connectivity index (χ3v) is 4.05. The second kappa shape index (κ2) is 7.35. The molecule has 0 radical (unpaired) electrons. The Kier molecular flexibility index (Phi) is 5.77. The number of anilines is 1. The molecule has 2 rings (SSSR count). The maximum Gasteiger partial charge on any atom is 0.162 e. The Bertz CT molecular complexity index is 423. The van der Waals surface area contributed by atoms with Crippen LogP contribution in [0.25, 0.3) is 0 Å². The Morgan fingerprint density at radius 3 is 2.79 bits per heavy atom. The maximum absolute atomic E-state index is 5.68. The molecular weight excluding hydrogens is 357 g/mol. The molecular formula is C13H20IN3O2. The van der Waals surface area contributed by atoms with Gasteiger partial charge in [0, 0.05) is 6.54 Å². The first-order valence-electron chi connectivity index (χ1n) is 6.75. The van der Waals surface area contributed by atoms with E-state index in [-0.39, 0.29) is 6.10 Å². The lowest BCUT2D eigenvalue weighted by atomic mass is 10.2. The SMILES string of the molecule is CCCNc1nc(C2COCCO2)nc(CC)c1I. The van der Waals surface area contributed by atoms with Crippen LogP contribution in [-0.2, 0) is 15.9 Å². The van der Waals surface area contributed by atoms with Crippen LogP contribution >= 0.6 is 22.6 Å². The average molecular weight is 377 g/mol. The number of rotatable bonds is 5. The van der Waals surface area contributed by atoms with Crippen LogP contribution in [0.15, 0.2) is 0 Å². The van der Waals surface area contributed by atoms with Gasteiger partial charge in [-0.25, -0.2) is 9.97 Å². The summed E-state index contributed by atoms with van der Waals surface area (Å²) in [6.07, 6.45) is 1.82. The van der Waals surface area contributed by atoms with Crippen molar-refractivity contribution in [2.75, 3.05) is 31.7 Å². The summed E-state index contributed by atoms with van der Waals surface area (Å²) in [4.78, 5) is 9.23. The highest BCUT2D eigenvalue weighted by atomic mass is 127. The van der Waals surface area contributed by atoms with Gasteiger partial charge in [0.1, 0.15) is 11.9 Å². The molecule has 1 N–H and O–H groups in total. The fraction of sp³-hybridized carbons (Fsp3) is 0.692. The zero-order valence-corrected chi connectivity index (χ0v) is 13.6. The van der Waals surface area contributed by atoms with E-state index < -0.39 is 0 Å². The minimum absolute atomic E-state index is 0.141. The smallest absolute Gasteiger partial charge is 0.162 e. The van der Waals surface area contributed by atoms with E-state index in [0.717, 1.165) is 40.3 Å². The minimum atomic E-state index is -0.141. The molecule has 5 nitrogen and oxygen atoms in total. The molecule has 0 bridgehead atoms. The van der Waals surface area contributed by atoms with E-state index in [9.17, 15) is 0 Å². The summed E-state index contributed by atoms with van der Waals surface area (Å²) >= 11 is 2.31. The van der Waals surface area contributed by atoms with Gasteiger partial charge in [-0.2, -0.15) is 0 Å². The van der Waals surface area contributed by atoms with Gasteiger partial charge in [0.2, 0.25) is 0 Å². The molecule has 1 saturated heterocycles. The van der Waals surface area contributed by atoms with Crippen molar-refractivity contribution in [3.8, 4) is 0 Å². The normalized spacial score (nSPS) is 19.4. The number of halogens is 1. The molecule has 0 saturated carbocycles. The highest BCUT2D eigenvalue weighted by Gasteiger charge is 2.22. The van der Waals surface area contributed by atoms with Gasteiger partial charge >= 0.3 is 0 Å². The summed E-state index contributed by atoms with van der Waals surface area (Å²) in [5, 5.41) is 3.36. The van der Waals surface area contributed by atoms with Gasteiger partial charge in [0.05, 0.1) is 29.1 Å². The number of nitrogens with zero attached hydrogens (tertiary/aromatic N) is 2. The summed E-state index contributed by atoms with van der Waals surface area (Å²) < 4.78 is 12.2. The number of nitrogens with one attached hydrogen (secondary N) is 1. The quantitative estimate of drug-likeness (QED) is 0.800. The zero-order chi connectivity index (χ0) is 13.7. The van der Waals surface area contributed by atoms with Crippen molar-refractivity contribution in [1.82, 2.24) is 9.97 Å². The van der Waals surface area contributed by atoms with E-state index in [2.05, 4.69) is 51.7 Å². The van der Waals surface area contributed by atoms with Gasteiger partial charge in [-0.3, -0.25) is 0 Å². The van der Waals surface area contributed by atoms with Crippen LogP contribution in [0.2, 0.25) is 0 Å². The molecule has 1 atom stereocenters. The molecule has 106 valence electrons. The lowest BCUT2D eigenvalue weighted by molar-refractivity contribution is -0.0935. The average Bonchev–Trinajstić information content (AvgIpc) is 2.47. The molecule has 6 heteroatoms. The Morgan fingerprint density at radius 2 is 2.16 bits per heavy atom. The third kappa shape index (κ3) is 3.76. The monoisotopic (exact) mass is 377 g/mol. The first-order chi connectivity index (χ1) is 9.26. The second-order valence-corrected chi connectivity index (χ2v) is 5.48. The molecule has 1 aliphatic heterocycles. The number of aryl methyl sites for hydroxylation is 1. The highest BCUT2D eigenvalue weighted by Crippen LogP contribution is 2.24. The summed E-state index contributed by atoms with van der Waals surface area (Å²) in [5.74, 6) is 1.65. The van der Waals surface area contributed by atoms with Crippen LogP contribution in [0.1, 0.15) is 37.9 Å². The van der Waals surface area contributed by atoms with Crippen molar-refractivity contribution in [2.24, 2.45) is 0 Å². The lowest BCUT2D eigenvalue weighted by Gasteiger charge is -2.23. The fourth-order valence-electron chi connectivity index (χ4n) is 1.89. The first-order valence-corrected chi connectivity index (χ1v) is 7.83. The molecule has 1 aromatic heterocycles. The number of hydrogen-bond donors (Lipinski definition) is 1. The topological polar surface area (TPSA) is 56.3 Å². The molecule has 0 spiro atoms. The van der Waals surface area contributed by atoms with E-state index in [1.807, 2.05) is 0 Å². The van der Waals surface area contributed by atoms with E-state index in [0.29, 0.717) is 19.8 Å². The van der Waals surface area contributed by atoms with Crippen molar-refractivity contribution in [2.45, 2.75) is 32.8 Å². The number of aromatic nitrogens is 2. The lowest BCUT2D eigenvalue weighted by Crippen LogP contribution is -2.24. The van der Waals surface area contributed by atoms with Crippen molar-refractivity contribution in [3.05, 3.63) is 15.1 Å².